The van der Waals surface area contributed by atoms with Gasteiger partial charge in [-0.3, -0.25) is 4.57 Å². The van der Waals surface area contributed by atoms with Gasteiger partial charge >= 0.3 is 0 Å². The van der Waals surface area contributed by atoms with Crippen LogP contribution in [0.2, 0.25) is 5.02 Å². The summed E-state index contributed by atoms with van der Waals surface area (Å²) in [6.45, 7) is 0. The van der Waals surface area contributed by atoms with E-state index in [2.05, 4.69) is 14.5 Å². The predicted octanol–water partition coefficient (Wildman–Crippen LogP) is 3.86. The van der Waals surface area contributed by atoms with Gasteiger partial charge in [-0.05, 0) is 31.1 Å². The molecule has 0 amide bonds. The molecule has 0 atom stereocenters. The van der Waals surface area contributed by atoms with E-state index in [1.807, 2.05) is 6.07 Å². The summed E-state index contributed by atoms with van der Waals surface area (Å²) in [7, 11) is 0. The highest BCUT2D eigenvalue weighted by Gasteiger charge is 2.20. The van der Waals surface area contributed by atoms with Crippen molar-refractivity contribution in [2.45, 2.75) is 31.7 Å². The van der Waals surface area contributed by atoms with Crippen LogP contribution in [0.5, 0.6) is 0 Å². The summed E-state index contributed by atoms with van der Waals surface area (Å²) in [6.07, 6.45) is 6.65. The number of rotatable bonds is 1. The molecule has 0 bridgehead atoms. The highest BCUT2D eigenvalue weighted by Crippen LogP contribution is 2.32. The molecule has 1 fully saturated rings. The average molecular weight is 254 g/mol. The van der Waals surface area contributed by atoms with Crippen molar-refractivity contribution in [3.63, 3.8) is 0 Å². The average Bonchev–Trinajstić information content (AvgIpc) is 2.83. The molecule has 5 heteroatoms. The molecule has 1 aliphatic rings. The van der Waals surface area contributed by atoms with E-state index in [0.717, 1.165) is 15.9 Å². The highest BCUT2D eigenvalue weighted by atomic mass is 35.5. The van der Waals surface area contributed by atoms with Gasteiger partial charge < -0.3 is 4.98 Å². The van der Waals surface area contributed by atoms with Gasteiger partial charge in [-0.25, -0.2) is 4.98 Å². The molecule has 1 saturated carbocycles. The summed E-state index contributed by atoms with van der Waals surface area (Å²) in [5.41, 5.74) is 1.87. The van der Waals surface area contributed by atoms with Crippen LogP contribution in [0.15, 0.2) is 12.3 Å². The van der Waals surface area contributed by atoms with Gasteiger partial charge in [0.05, 0.1) is 10.5 Å². The Balaban J connectivity index is 2.23. The molecule has 84 valence electrons. The van der Waals surface area contributed by atoms with E-state index in [4.69, 9.17) is 23.8 Å². The minimum atomic E-state index is 0.509. The van der Waals surface area contributed by atoms with E-state index < -0.39 is 0 Å². The minimum Gasteiger partial charge on any atom is -0.329 e. The van der Waals surface area contributed by atoms with Gasteiger partial charge in [0.15, 0.2) is 10.4 Å². The van der Waals surface area contributed by atoms with E-state index in [9.17, 15) is 0 Å². The van der Waals surface area contributed by atoms with Gasteiger partial charge in [-0.2, -0.15) is 0 Å². The summed E-state index contributed by atoms with van der Waals surface area (Å²) in [5, 5.41) is 0.641. The molecule has 1 aliphatic carbocycles. The maximum atomic E-state index is 5.91. The van der Waals surface area contributed by atoms with Crippen molar-refractivity contribution >= 4 is 35.0 Å². The lowest BCUT2D eigenvalue weighted by Gasteiger charge is -2.11. The lowest BCUT2D eigenvalue weighted by Crippen LogP contribution is -2.05. The molecule has 2 heterocycles. The molecule has 3 rings (SSSR count). The first-order valence-corrected chi connectivity index (χ1v) is 6.30. The molecule has 0 aliphatic heterocycles. The molecule has 3 nitrogen and oxygen atoms in total. The van der Waals surface area contributed by atoms with Crippen molar-refractivity contribution in [1.82, 2.24) is 14.5 Å². The fraction of sp³-hybridized carbons (Fsp3) is 0.455. The number of aromatic amines is 1. The van der Waals surface area contributed by atoms with Gasteiger partial charge in [0.25, 0.3) is 0 Å². The first-order valence-electron chi connectivity index (χ1n) is 5.51. The Morgan fingerprint density at radius 2 is 2.19 bits per heavy atom. The lowest BCUT2D eigenvalue weighted by molar-refractivity contribution is 0.523. The lowest BCUT2D eigenvalue weighted by atomic mass is 10.2. The topological polar surface area (TPSA) is 33.6 Å². The van der Waals surface area contributed by atoms with Crippen LogP contribution in [0.4, 0.5) is 0 Å². The third-order valence-electron chi connectivity index (χ3n) is 3.21. The Bertz CT molecular complexity index is 580. The van der Waals surface area contributed by atoms with Crippen LogP contribution in [-0.4, -0.2) is 14.5 Å². The zero-order chi connectivity index (χ0) is 11.1. The predicted molar refractivity (Wildman–Crippen MR) is 67.4 cm³/mol. The summed E-state index contributed by atoms with van der Waals surface area (Å²) in [5.74, 6) is 0. The minimum absolute atomic E-state index is 0.509. The number of nitrogens with zero attached hydrogens (tertiary/aromatic N) is 2. The molecular formula is C11H12ClN3S. The van der Waals surface area contributed by atoms with Crippen LogP contribution < -0.4 is 0 Å². The molecule has 0 spiro atoms. The third-order valence-corrected chi connectivity index (χ3v) is 3.72. The molecule has 0 unspecified atom stereocenters. The SMILES string of the molecule is S=c1[nH]c2cc(Cl)cnc2n1C1CCCC1. The van der Waals surface area contributed by atoms with Crippen LogP contribution in [0, 0.1) is 4.77 Å². The molecule has 0 aromatic carbocycles. The summed E-state index contributed by atoms with van der Waals surface area (Å²) in [4.78, 5) is 7.55. The van der Waals surface area contributed by atoms with Gasteiger partial charge in [0, 0.05) is 12.2 Å². The van der Waals surface area contributed by atoms with Crippen molar-refractivity contribution < 1.29 is 0 Å². The number of H-pyrrole nitrogens is 1. The van der Waals surface area contributed by atoms with Gasteiger partial charge in [-0.15, -0.1) is 0 Å². The van der Waals surface area contributed by atoms with Crippen LogP contribution in [0.25, 0.3) is 11.2 Å². The number of hydrogen-bond donors (Lipinski definition) is 1. The molecule has 0 saturated heterocycles. The quantitative estimate of drug-likeness (QED) is 0.783. The molecular weight excluding hydrogens is 242 g/mol. The second-order valence-electron chi connectivity index (χ2n) is 4.26. The Hall–Kier alpha value is -0.870. The maximum absolute atomic E-state index is 5.91. The monoisotopic (exact) mass is 253 g/mol. The van der Waals surface area contributed by atoms with E-state index in [1.165, 1.54) is 25.7 Å². The van der Waals surface area contributed by atoms with E-state index in [1.54, 1.807) is 6.20 Å². The summed E-state index contributed by atoms with van der Waals surface area (Å²) >= 11 is 11.3. The third kappa shape index (κ3) is 1.57. The number of pyridine rings is 1. The Morgan fingerprint density at radius 1 is 1.44 bits per heavy atom. The summed E-state index contributed by atoms with van der Waals surface area (Å²) in [6, 6.07) is 2.39. The van der Waals surface area contributed by atoms with Gasteiger partial charge in [0.2, 0.25) is 0 Å². The van der Waals surface area contributed by atoms with Gasteiger partial charge in [0.1, 0.15) is 0 Å². The van der Waals surface area contributed by atoms with Gasteiger partial charge in [-0.1, -0.05) is 24.4 Å². The Kier molecular flexibility index (Phi) is 2.48. The second kappa shape index (κ2) is 3.86. The van der Waals surface area contributed by atoms with Crippen molar-refractivity contribution in [3.05, 3.63) is 22.1 Å². The molecule has 0 radical (unpaired) electrons. The Labute approximate surface area is 103 Å². The van der Waals surface area contributed by atoms with Crippen LogP contribution in [0.3, 0.4) is 0 Å². The molecule has 2 aromatic rings. The number of imidazole rings is 1. The van der Waals surface area contributed by atoms with Crippen molar-refractivity contribution in [2.75, 3.05) is 0 Å². The van der Waals surface area contributed by atoms with Crippen LogP contribution >= 0.6 is 23.8 Å². The first-order chi connectivity index (χ1) is 7.75. The molecule has 1 N–H and O–H groups in total. The van der Waals surface area contributed by atoms with Crippen LogP contribution in [0.1, 0.15) is 31.7 Å². The number of nitrogens with one attached hydrogen (secondary N) is 1. The largest absolute Gasteiger partial charge is 0.329 e. The second-order valence-corrected chi connectivity index (χ2v) is 5.09. The number of halogens is 1. The summed E-state index contributed by atoms with van der Waals surface area (Å²) < 4.78 is 2.91. The van der Waals surface area contributed by atoms with Crippen molar-refractivity contribution in [1.29, 1.82) is 0 Å². The first kappa shape index (κ1) is 10.3. The fourth-order valence-corrected chi connectivity index (χ4v) is 2.99. The number of hydrogen-bond acceptors (Lipinski definition) is 2. The smallest absolute Gasteiger partial charge is 0.179 e. The van der Waals surface area contributed by atoms with E-state index >= 15 is 0 Å². The zero-order valence-electron chi connectivity index (χ0n) is 8.74. The number of aromatic nitrogens is 3. The molecule has 16 heavy (non-hydrogen) atoms. The Morgan fingerprint density at radius 3 is 2.94 bits per heavy atom. The van der Waals surface area contributed by atoms with E-state index in [-0.39, 0.29) is 0 Å². The number of fused-ring (bicyclic) bond motifs is 1. The fourth-order valence-electron chi connectivity index (χ4n) is 2.49. The standard InChI is InChI=1S/C11H12ClN3S/c12-7-5-9-10(13-6-7)15(11(16)14-9)8-3-1-2-4-8/h5-6,8H,1-4H2,(H,14,16). The maximum Gasteiger partial charge on any atom is 0.179 e. The van der Waals surface area contributed by atoms with Crippen molar-refractivity contribution in [2.24, 2.45) is 0 Å². The molecule has 2 aromatic heterocycles. The normalized spacial score (nSPS) is 17.3. The van der Waals surface area contributed by atoms with Crippen LogP contribution in [-0.2, 0) is 0 Å². The highest BCUT2D eigenvalue weighted by molar-refractivity contribution is 7.71. The van der Waals surface area contributed by atoms with E-state index in [0.29, 0.717) is 11.1 Å². The van der Waals surface area contributed by atoms with Crippen molar-refractivity contribution in [3.8, 4) is 0 Å². The zero-order valence-corrected chi connectivity index (χ0v) is 10.3.